The zero-order chi connectivity index (χ0) is 13.7. The summed E-state index contributed by atoms with van der Waals surface area (Å²) in [6, 6.07) is 5.83. The molecule has 0 aliphatic rings. The molecule has 1 atom stereocenters. The molecule has 0 radical (unpaired) electrons. The summed E-state index contributed by atoms with van der Waals surface area (Å²) in [6.45, 7) is 8.18. The highest BCUT2D eigenvalue weighted by Gasteiger charge is 2.11. The van der Waals surface area contributed by atoms with Crippen molar-refractivity contribution < 1.29 is 9.53 Å². The lowest BCUT2D eigenvalue weighted by Gasteiger charge is -2.17. The number of aryl methyl sites for hydroxylation is 1. The van der Waals surface area contributed by atoms with E-state index >= 15 is 0 Å². The quantitative estimate of drug-likeness (QED) is 0.905. The maximum absolute atomic E-state index is 11.6. The molecule has 1 aromatic carbocycles. The van der Waals surface area contributed by atoms with Gasteiger partial charge >= 0.3 is 0 Å². The molecule has 0 saturated heterocycles. The van der Waals surface area contributed by atoms with Crippen molar-refractivity contribution in [1.82, 2.24) is 5.32 Å². The predicted octanol–water partition coefficient (Wildman–Crippen LogP) is 3.30. The van der Waals surface area contributed by atoms with E-state index in [-0.39, 0.29) is 18.6 Å². The van der Waals surface area contributed by atoms with Gasteiger partial charge in [0.1, 0.15) is 5.75 Å². The molecule has 1 amide bonds. The van der Waals surface area contributed by atoms with Crippen LogP contribution in [0.5, 0.6) is 5.75 Å². The Morgan fingerprint density at radius 2 is 2.06 bits per heavy atom. The summed E-state index contributed by atoms with van der Waals surface area (Å²) < 4.78 is 6.49. The van der Waals surface area contributed by atoms with Crippen molar-refractivity contribution in [1.29, 1.82) is 0 Å². The maximum atomic E-state index is 11.6. The lowest BCUT2D eigenvalue weighted by Crippen LogP contribution is -2.38. The van der Waals surface area contributed by atoms with Gasteiger partial charge in [-0.1, -0.05) is 29.8 Å². The standard InChI is InChI=1S/C14H20BrNO2/c1-9(2)11(4)16-14(17)8-18-12-5-6-13(15)10(3)7-12/h5-7,9,11H,8H2,1-4H3,(H,16,17)/t11-/m0/s1. The van der Waals surface area contributed by atoms with Crippen molar-refractivity contribution in [2.45, 2.75) is 33.7 Å². The smallest absolute Gasteiger partial charge is 0.258 e. The van der Waals surface area contributed by atoms with Gasteiger partial charge in [-0.25, -0.2) is 0 Å². The summed E-state index contributed by atoms with van der Waals surface area (Å²) in [4.78, 5) is 11.6. The largest absolute Gasteiger partial charge is 0.484 e. The molecule has 18 heavy (non-hydrogen) atoms. The molecule has 0 bridgehead atoms. The predicted molar refractivity (Wildman–Crippen MR) is 76.8 cm³/mol. The molecule has 0 aliphatic heterocycles. The van der Waals surface area contributed by atoms with E-state index in [9.17, 15) is 4.79 Å². The van der Waals surface area contributed by atoms with Crippen LogP contribution in [-0.2, 0) is 4.79 Å². The van der Waals surface area contributed by atoms with Gasteiger partial charge in [0, 0.05) is 10.5 Å². The van der Waals surface area contributed by atoms with Crippen LogP contribution >= 0.6 is 15.9 Å². The molecule has 1 aromatic rings. The molecule has 0 spiro atoms. The van der Waals surface area contributed by atoms with Crippen molar-refractivity contribution in [3.8, 4) is 5.75 Å². The highest BCUT2D eigenvalue weighted by atomic mass is 79.9. The number of hydrogen-bond acceptors (Lipinski definition) is 2. The Balaban J connectivity index is 2.45. The normalized spacial score (nSPS) is 12.3. The Hall–Kier alpha value is -1.03. The lowest BCUT2D eigenvalue weighted by atomic mass is 10.1. The monoisotopic (exact) mass is 313 g/mol. The van der Waals surface area contributed by atoms with E-state index in [1.54, 1.807) is 0 Å². The summed E-state index contributed by atoms with van der Waals surface area (Å²) in [7, 11) is 0. The summed E-state index contributed by atoms with van der Waals surface area (Å²) in [5, 5.41) is 2.90. The fourth-order valence-corrected chi connectivity index (χ4v) is 1.56. The van der Waals surface area contributed by atoms with Gasteiger partial charge in [0.15, 0.2) is 6.61 Å². The molecule has 0 fully saturated rings. The molecule has 0 heterocycles. The SMILES string of the molecule is Cc1cc(OCC(=O)N[C@@H](C)C(C)C)ccc1Br. The highest BCUT2D eigenvalue weighted by molar-refractivity contribution is 9.10. The molecule has 0 unspecified atom stereocenters. The Kier molecular flexibility index (Phi) is 5.66. The van der Waals surface area contributed by atoms with Crippen LogP contribution in [-0.4, -0.2) is 18.6 Å². The molecular formula is C14H20BrNO2. The molecule has 4 heteroatoms. The van der Waals surface area contributed by atoms with E-state index in [0.717, 1.165) is 10.0 Å². The van der Waals surface area contributed by atoms with Gasteiger partial charge in [-0.2, -0.15) is 0 Å². The van der Waals surface area contributed by atoms with Crippen LogP contribution in [0.1, 0.15) is 26.3 Å². The first-order valence-corrected chi connectivity index (χ1v) is 6.87. The zero-order valence-corrected chi connectivity index (χ0v) is 12.9. The first kappa shape index (κ1) is 15.0. The number of nitrogens with one attached hydrogen (secondary N) is 1. The fourth-order valence-electron chi connectivity index (χ4n) is 1.32. The number of rotatable bonds is 5. The van der Waals surface area contributed by atoms with Crippen LogP contribution in [0.15, 0.2) is 22.7 Å². The third-order valence-corrected chi connectivity index (χ3v) is 3.78. The Labute approximate surface area is 117 Å². The third-order valence-electron chi connectivity index (χ3n) is 2.89. The van der Waals surface area contributed by atoms with E-state index in [2.05, 4.69) is 35.1 Å². The van der Waals surface area contributed by atoms with Gasteiger partial charge in [-0.15, -0.1) is 0 Å². The van der Waals surface area contributed by atoms with Crippen LogP contribution in [0.3, 0.4) is 0 Å². The van der Waals surface area contributed by atoms with Crippen molar-refractivity contribution in [2.75, 3.05) is 6.61 Å². The Morgan fingerprint density at radius 1 is 1.39 bits per heavy atom. The number of carbonyl (C=O) groups excluding carboxylic acids is 1. The summed E-state index contributed by atoms with van der Waals surface area (Å²) in [5.74, 6) is 1.05. The van der Waals surface area contributed by atoms with E-state index in [0.29, 0.717) is 11.7 Å². The van der Waals surface area contributed by atoms with E-state index < -0.39 is 0 Å². The van der Waals surface area contributed by atoms with Gasteiger partial charge in [0.2, 0.25) is 0 Å². The molecule has 0 aromatic heterocycles. The van der Waals surface area contributed by atoms with Crippen LogP contribution in [0.2, 0.25) is 0 Å². The van der Waals surface area contributed by atoms with Crippen LogP contribution in [0.4, 0.5) is 0 Å². The van der Waals surface area contributed by atoms with Crippen molar-refractivity contribution >= 4 is 21.8 Å². The average Bonchev–Trinajstić information content (AvgIpc) is 2.30. The van der Waals surface area contributed by atoms with Gasteiger partial charge in [-0.05, 0) is 43.5 Å². The molecule has 1 N–H and O–H groups in total. The second-order valence-electron chi connectivity index (χ2n) is 4.80. The van der Waals surface area contributed by atoms with Crippen molar-refractivity contribution in [2.24, 2.45) is 5.92 Å². The molecular weight excluding hydrogens is 294 g/mol. The third kappa shape index (κ3) is 4.69. The minimum absolute atomic E-state index is 0.0537. The van der Waals surface area contributed by atoms with Gasteiger partial charge < -0.3 is 10.1 Å². The maximum Gasteiger partial charge on any atom is 0.258 e. The number of ether oxygens (including phenoxy) is 1. The number of amides is 1. The molecule has 1 rings (SSSR count). The average molecular weight is 314 g/mol. The fraction of sp³-hybridized carbons (Fsp3) is 0.500. The van der Waals surface area contributed by atoms with E-state index in [4.69, 9.17) is 4.74 Å². The van der Waals surface area contributed by atoms with Crippen LogP contribution in [0.25, 0.3) is 0 Å². The van der Waals surface area contributed by atoms with Gasteiger partial charge in [0.05, 0.1) is 0 Å². The summed E-state index contributed by atoms with van der Waals surface area (Å²) in [5.41, 5.74) is 1.09. The van der Waals surface area contributed by atoms with Crippen LogP contribution in [0, 0.1) is 12.8 Å². The second kappa shape index (κ2) is 6.78. The number of hydrogen-bond donors (Lipinski definition) is 1. The van der Waals surface area contributed by atoms with Gasteiger partial charge in [-0.3, -0.25) is 4.79 Å². The molecule has 3 nitrogen and oxygen atoms in total. The Morgan fingerprint density at radius 3 is 2.61 bits per heavy atom. The van der Waals surface area contributed by atoms with E-state index in [1.807, 2.05) is 32.0 Å². The second-order valence-corrected chi connectivity index (χ2v) is 5.65. The number of benzene rings is 1. The number of carbonyl (C=O) groups is 1. The Bertz CT molecular complexity index is 418. The lowest BCUT2D eigenvalue weighted by molar-refractivity contribution is -0.124. The minimum atomic E-state index is -0.0863. The first-order valence-electron chi connectivity index (χ1n) is 6.08. The van der Waals surface area contributed by atoms with Gasteiger partial charge in [0.25, 0.3) is 5.91 Å². The summed E-state index contributed by atoms with van der Waals surface area (Å²) in [6.07, 6.45) is 0. The molecule has 0 aliphatic carbocycles. The molecule has 0 saturated carbocycles. The highest BCUT2D eigenvalue weighted by Crippen LogP contribution is 2.21. The van der Waals surface area contributed by atoms with Crippen molar-refractivity contribution in [3.05, 3.63) is 28.2 Å². The van der Waals surface area contributed by atoms with E-state index in [1.165, 1.54) is 0 Å². The minimum Gasteiger partial charge on any atom is -0.484 e. The first-order chi connectivity index (χ1) is 8.40. The topological polar surface area (TPSA) is 38.3 Å². The number of halogens is 1. The molecule has 100 valence electrons. The van der Waals surface area contributed by atoms with Crippen LogP contribution < -0.4 is 10.1 Å². The summed E-state index contributed by atoms with van der Waals surface area (Å²) >= 11 is 3.42. The zero-order valence-electron chi connectivity index (χ0n) is 11.3. The van der Waals surface area contributed by atoms with Crippen molar-refractivity contribution in [3.63, 3.8) is 0 Å².